The molecule has 2 rings (SSSR count). The molecule has 2 aliphatic rings. The summed E-state index contributed by atoms with van der Waals surface area (Å²) in [5.74, 6) is 0. The van der Waals surface area contributed by atoms with Gasteiger partial charge in [0.1, 0.15) is 5.67 Å². The van der Waals surface area contributed by atoms with E-state index in [9.17, 15) is 4.39 Å². The van der Waals surface area contributed by atoms with E-state index in [1.54, 1.807) is 0 Å². The molecular weight excluding hydrogens is 193 g/mol. The Morgan fingerprint density at radius 2 is 2.33 bits per heavy atom. The van der Waals surface area contributed by atoms with Crippen molar-refractivity contribution < 1.29 is 9.50 Å². The van der Waals surface area contributed by atoms with Gasteiger partial charge < -0.3 is 5.11 Å². The average Bonchev–Trinajstić information content (AvgIpc) is 2.30. The largest absolute Gasteiger partial charge is 0.393 e. The van der Waals surface area contributed by atoms with Crippen LogP contribution in [0.5, 0.6) is 0 Å². The number of aliphatic hydroxyl groups excluding tert-OH is 1. The van der Waals surface area contributed by atoms with Gasteiger partial charge in [-0.05, 0) is 38.6 Å². The third kappa shape index (κ3) is 2.58. The minimum absolute atomic E-state index is 0.333. The Bertz CT molecular complexity index is 244. The number of allylic oxidation sites excluding steroid dienone is 1. The predicted molar refractivity (Wildman–Crippen MR) is 58.5 cm³/mol. The molecule has 1 aliphatic carbocycles. The summed E-state index contributed by atoms with van der Waals surface area (Å²) in [6, 6.07) is 0.403. The molecule has 0 radical (unpaired) electrons. The van der Waals surface area contributed by atoms with Gasteiger partial charge in [0.25, 0.3) is 0 Å². The van der Waals surface area contributed by atoms with Gasteiger partial charge in [-0.1, -0.05) is 12.2 Å². The minimum Gasteiger partial charge on any atom is -0.393 e. The van der Waals surface area contributed by atoms with Crippen LogP contribution in [0.2, 0.25) is 0 Å². The molecular formula is C12H20FNO. The van der Waals surface area contributed by atoms with Gasteiger partial charge in [0.2, 0.25) is 0 Å². The van der Waals surface area contributed by atoms with E-state index < -0.39 is 5.67 Å². The van der Waals surface area contributed by atoms with E-state index in [2.05, 4.69) is 17.1 Å². The Morgan fingerprint density at radius 3 is 3.00 bits per heavy atom. The van der Waals surface area contributed by atoms with Crippen molar-refractivity contribution in [1.29, 1.82) is 0 Å². The lowest BCUT2D eigenvalue weighted by Crippen LogP contribution is -2.51. The standard InChI is InChI=1S/C12H20FNO/c13-12(10-15)7-4-8-14(9-12)11-5-2-1-3-6-11/h2,5,11,15H,1,3-4,6-10H2. The number of hydrogen-bond donors (Lipinski definition) is 1. The number of likely N-dealkylation sites (tertiary alicyclic amines) is 1. The van der Waals surface area contributed by atoms with E-state index >= 15 is 0 Å². The highest BCUT2D eigenvalue weighted by molar-refractivity contribution is 5.01. The lowest BCUT2D eigenvalue weighted by atomic mass is 9.92. The second-order valence-corrected chi connectivity index (χ2v) is 4.81. The minimum atomic E-state index is -1.36. The van der Waals surface area contributed by atoms with Crippen LogP contribution in [-0.2, 0) is 0 Å². The molecule has 1 fully saturated rings. The maximum atomic E-state index is 14.0. The molecule has 1 heterocycles. The number of aliphatic hydroxyl groups is 1. The molecule has 15 heavy (non-hydrogen) atoms. The summed E-state index contributed by atoms with van der Waals surface area (Å²) in [4.78, 5) is 2.19. The van der Waals surface area contributed by atoms with Crippen molar-refractivity contribution in [1.82, 2.24) is 4.90 Å². The monoisotopic (exact) mass is 213 g/mol. The van der Waals surface area contributed by atoms with Crippen LogP contribution in [0.4, 0.5) is 4.39 Å². The lowest BCUT2D eigenvalue weighted by molar-refractivity contribution is -0.0114. The Kier molecular flexibility index (Phi) is 3.42. The predicted octanol–water partition coefficient (Wildman–Crippen LogP) is 1.89. The fraction of sp³-hybridized carbons (Fsp3) is 0.833. The Labute approximate surface area is 90.8 Å². The van der Waals surface area contributed by atoms with Gasteiger partial charge in [-0.2, -0.15) is 0 Å². The lowest BCUT2D eigenvalue weighted by Gasteiger charge is -2.40. The van der Waals surface area contributed by atoms with E-state index in [1.165, 1.54) is 6.42 Å². The van der Waals surface area contributed by atoms with Crippen molar-refractivity contribution in [3.8, 4) is 0 Å². The van der Waals surface area contributed by atoms with Crippen LogP contribution in [0.15, 0.2) is 12.2 Å². The molecule has 1 N–H and O–H groups in total. The highest BCUT2D eigenvalue weighted by Gasteiger charge is 2.36. The maximum Gasteiger partial charge on any atom is 0.146 e. The van der Waals surface area contributed by atoms with Crippen molar-refractivity contribution in [2.24, 2.45) is 0 Å². The summed E-state index contributed by atoms with van der Waals surface area (Å²) in [7, 11) is 0. The van der Waals surface area contributed by atoms with Crippen LogP contribution in [-0.4, -0.2) is 41.4 Å². The first-order chi connectivity index (χ1) is 7.23. The van der Waals surface area contributed by atoms with Crippen LogP contribution in [0.25, 0.3) is 0 Å². The summed E-state index contributed by atoms with van der Waals surface area (Å²) in [5, 5.41) is 9.05. The zero-order valence-electron chi connectivity index (χ0n) is 9.16. The number of halogens is 1. The molecule has 0 aromatic rings. The second-order valence-electron chi connectivity index (χ2n) is 4.81. The summed E-state index contributed by atoms with van der Waals surface area (Å²) in [5.41, 5.74) is -1.36. The van der Waals surface area contributed by atoms with E-state index in [0.29, 0.717) is 19.0 Å². The molecule has 0 bridgehead atoms. The molecule has 0 aromatic heterocycles. The van der Waals surface area contributed by atoms with Crippen molar-refractivity contribution in [2.45, 2.75) is 43.8 Å². The summed E-state index contributed by atoms with van der Waals surface area (Å²) in [6.45, 7) is 1.04. The molecule has 1 saturated heterocycles. The second kappa shape index (κ2) is 4.62. The fourth-order valence-electron chi connectivity index (χ4n) is 2.63. The van der Waals surface area contributed by atoms with Crippen LogP contribution in [0, 0.1) is 0 Å². The fourth-order valence-corrected chi connectivity index (χ4v) is 2.63. The molecule has 0 spiro atoms. The van der Waals surface area contributed by atoms with Crippen LogP contribution in [0.3, 0.4) is 0 Å². The first-order valence-electron chi connectivity index (χ1n) is 5.94. The normalized spacial score (nSPS) is 38.1. The first kappa shape index (κ1) is 11.1. The zero-order valence-corrected chi connectivity index (χ0v) is 9.16. The van der Waals surface area contributed by atoms with Crippen LogP contribution >= 0.6 is 0 Å². The van der Waals surface area contributed by atoms with Crippen LogP contribution in [0.1, 0.15) is 32.1 Å². The number of alkyl halides is 1. The molecule has 86 valence electrons. The molecule has 0 amide bonds. The Balaban J connectivity index is 1.97. The molecule has 0 aromatic carbocycles. The van der Waals surface area contributed by atoms with Crippen molar-refractivity contribution >= 4 is 0 Å². The number of nitrogens with zero attached hydrogens (tertiary/aromatic N) is 1. The molecule has 3 heteroatoms. The van der Waals surface area contributed by atoms with Gasteiger partial charge >= 0.3 is 0 Å². The molecule has 2 atom stereocenters. The van der Waals surface area contributed by atoms with E-state index in [1.807, 2.05) is 0 Å². The van der Waals surface area contributed by atoms with Crippen LogP contribution < -0.4 is 0 Å². The summed E-state index contributed by atoms with van der Waals surface area (Å²) in [6.07, 6.45) is 9.27. The van der Waals surface area contributed by atoms with Crippen molar-refractivity contribution in [3.63, 3.8) is 0 Å². The first-order valence-corrected chi connectivity index (χ1v) is 5.94. The Morgan fingerprint density at radius 1 is 1.47 bits per heavy atom. The van der Waals surface area contributed by atoms with Gasteiger partial charge in [-0.15, -0.1) is 0 Å². The number of rotatable bonds is 2. The molecule has 2 unspecified atom stereocenters. The van der Waals surface area contributed by atoms with E-state index in [4.69, 9.17) is 5.11 Å². The quantitative estimate of drug-likeness (QED) is 0.708. The SMILES string of the molecule is OCC1(F)CCCN(C2C=CCCC2)C1. The van der Waals surface area contributed by atoms with Gasteiger partial charge in [0.15, 0.2) is 0 Å². The highest BCUT2D eigenvalue weighted by Crippen LogP contribution is 2.28. The molecule has 0 saturated carbocycles. The van der Waals surface area contributed by atoms with Gasteiger partial charge in [-0.25, -0.2) is 4.39 Å². The topological polar surface area (TPSA) is 23.5 Å². The van der Waals surface area contributed by atoms with Crippen molar-refractivity contribution in [3.05, 3.63) is 12.2 Å². The average molecular weight is 213 g/mol. The van der Waals surface area contributed by atoms with E-state index in [-0.39, 0.29) is 6.61 Å². The number of piperidine rings is 1. The third-order valence-corrected chi connectivity index (χ3v) is 3.54. The maximum absolute atomic E-state index is 14.0. The van der Waals surface area contributed by atoms with Gasteiger partial charge in [0, 0.05) is 12.6 Å². The Hall–Kier alpha value is -0.410. The summed E-state index contributed by atoms with van der Waals surface area (Å²) < 4.78 is 14.0. The number of hydrogen-bond acceptors (Lipinski definition) is 2. The van der Waals surface area contributed by atoms with Gasteiger partial charge in [-0.3, -0.25) is 4.90 Å². The summed E-state index contributed by atoms with van der Waals surface area (Å²) >= 11 is 0. The van der Waals surface area contributed by atoms with Gasteiger partial charge in [0.05, 0.1) is 6.61 Å². The van der Waals surface area contributed by atoms with E-state index in [0.717, 1.165) is 25.8 Å². The highest BCUT2D eigenvalue weighted by atomic mass is 19.1. The zero-order chi connectivity index (χ0) is 10.7. The smallest absolute Gasteiger partial charge is 0.146 e. The molecule has 2 nitrogen and oxygen atoms in total. The third-order valence-electron chi connectivity index (χ3n) is 3.54. The molecule has 1 aliphatic heterocycles. The van der Waals surface area contributed by atoms with Crippen molar-refractivity contribution in [2.75, 3.05) is 19.7 Å².